The van der Waals surface area contributed by atoms with Gasteiger partial charge in [-0.25, -0.2) is 9.59 Å². The number of carbonyl (C=O) groups excluding carboxylic acids is 2. The van der Waals surface area contributed by atoms with E-state index >= 15 is 0 Å². The number of cyclic esters (lactones) is 2. The summed E-state index contributed by atoms with van der Waals surface area (Å²) >= 11 is 0. The van der Waals surface area contributed by atoms with Gasteiger partial charge >= 0.3 is 11.9 Å². The SMILES string of the molecule is CC/C=C/C1=C(c2ccc(OCOC)c(OCOC)c2)C(=O)OC1=O. The van der Waals surface area contributed by atoms with Crippen LogP contribution in [-0.2, 0) is 23.8 Å². The zero-order valence-corrected chi connectivity index (χ0v) is 14.4. The number of carbonyl (C=O) groups is 2. The van der Waals surface area contributed by atoms with E-state index in [0.717, 1.165) is 6.42 Å². The van der Waals surface area contributed by atoms with Crippen molar-refractivity contribution in [3.8, 4) is 11.5 Å². The van der Waals surface area contributed by atoms with Gasteiger partial charge in [0.1, 0.15) is 0 Å². The summed E-state index contributed by atoms with van der Waals surface area (Å²) in [5.41, 5.74) is 0.896. The van der Waals surface area contributed by atoms with Crippen LogP contribution in [0.5, 0.6) is 11.5 Å². The highest BCUT2D eigenvalue weighted by molar-refractivity contribution is 6.31. The molecule has 0 saturated heterocycles. The van der Waals surface area contributed by atoms with E-state index < -0.39 is 11.9 Å². The summed E-state index contributed by atoms with van der Waals surface area (Å²) < 4.78 is 25.4. The quantitative estimate of drug-likeness (QED) is 0.385. The first-order valence-corrected chi connectivity index (χ1v) is 7.67. The smallest absolute Gasteiger partial charge is 0.347 e. The fourth-order valence-corrected chi connectivity index (χ4v) is 2.20. The van der Waals surface area contributed by atoms with Crippen molar-refractivity contribution in [3.63, 3.8) is 0 Å². The van der Waals surface area contributed by atoms with E-state index in [1.807, 2.05) is 6.92 Å². The van der Waals surface area contributed by atoms with Crippen molar-refractivity contribution in [2.75, 3.05) is 27.8 Å². The summed E-state index contributed by atoms with van der Waals surface area (Å²) in [6, 6.07) is 4.88. The molecule has 0 aromatic heterocycles. The fourth-order valence-electron chi connectivity index (χ4n) is 2.20. The fraction of sp³-hybridized carbons (Fsp3) is 0.333. The number of hydrogen-bond donors (Lipinski definition) is 0. The van der Waals surface area contributed by atoms with E-state index in [-0.39, 0.29) is 24.7 Å². The normalized spacial score (nSPS) is 14.4. The van der Waals surface area contributed by atoms with Gasteiger partial charge in [0.05, 0.1) is 11.1 Å². The molecule has 0 aliphatic carbocycles. The summed E-state index contributed by atoms with van der Waals surface area (Å²) in [4.78, 5) is 24.0. The first-order valence-electron chi connectivity index (χ1n) is 7.67. The zero-order chi connectivity index (χ0) is 18.2. The molecule has 0 saturated carbocycles. The molecule has 0 fully saturated rings. The van der Waals surface area contributed by atoms with E-state index in [4.69, 9.17) is 23.7 Å². The van der Waals surface area contributed by atoms with Gasteiger partial charge in [-0.15, -0.1) is 0 Å². The van der Waals surface area contributed by atoms with Crippen molar-refractivity contribution in [1.29, 1.82) is 0 Å². The second-order valence-electron chi connectivity index (χ2n) is 5.04. The van der Waals surface area contributed by atoms with Gasteiger partial charge in [0, 0.05) is 14.2 Å². The Labute approximate surface area is 145 Å². The Balaban J connectivity index is 2.45. The van der Waals surface area contributed by atoms with Crippen molar-refractivity contribution < 1.29 is 33.3 Å². The number of hydrogen-bond acceptors (Lipinski definition) is 7. The molecule has 134 valence electrons. The van der Waals surface area contributed by atoms with E-state index in [1.165, 1.54) is 14.2 Å². The van der Waals surface area contributed by atoms with Crippen molar-refractivity contribution >= 4 is 17.5 Å². The van der Waals surface area contributed by atoms with Crippen LogP contribution in [-0.4, -0.2) is 39.7 Å². The Hall–Kier alpha value is -2.64. The molecule has 1 aliphatic heterocycles. The van der Waals surface area contributed by atoms with E-state index in [1.54, 1.807) is 30.4 Å². The highest BCUT2D eigenvalue weighted by Crippen LogP contribution is 2.35. The van der Waals surface area contributed by atoms with Crippen molar-refractivity contribution in [1.82, 2.24) is 0 Å². The lowest BCUT2D eigenvalue weighted by Gasteiger charge is -2.13. The van der Waals surface area contributed by atoms with Crippen LogP contribution in [0.15, 0.2) is 35.9 Å². The maximum Gasteiger partial charge on any atom is 0.347 e. The molecule has 7 heteroatoms. The van der Waals surface area contributed by atoms with Gasteiger partial charge in [-0.1, -0.05) is 25.1 Å². The minimum atomic E-state index is -0.691. The standard InChI is InChI=1S/C18H20O7/c1-4-5-6-13-16(18(20)25-17(13)19)12-7-8-14(23-10-21-2)15(9-12)24-11-22-3/h5-9H,4,10-11H2,1-3H3/b6-5+. The molecule has 1 aliphatic rings. The van der Waals surface area contributed by atoms with Gasteiger partial charge in [-0.2, -0.15) is 0 Å². The zero-order valence-electron chi connectivity index (χ0n) is 14.4. The third kappa shape index (κ3) is 4.46. The lowest BCUT2D eigenvalue weighted by Crippen LogP contribution is -2.06. The molecule has 1 aromatic rings. The predicted molar refractivity (Wildman–Crippen MR) is 88.9 cm³/mol. The molecule has 25 heavy (non-hydrogen) atoms. The van der Waals surface area contributed by atoms with E-state index in [9.17, 15) is 9.59 Å². The monoisotopic (exact) mass is 348 g/mol. The highest BCUT2D eigenvalue weighted by atomic mass is 16.7. The first kappa shape index (κ1) is 18.7. The van der Waals surface area contributed by atoms with Gasteiger partial charge in [-0.3, -0.25) is 0 Å². The number of ether oxygens (including phenoxy) is 5. The largest absolute Gasteiger partial charge is 0.464 e. The molecule has 2 rings (SSSR count). The predicted octanol–water partition coefficient (Wildman–Crippen LogP) is 2.46. The number of allylic oxidation sites excluding steroid dienone is 1. The lowest BCUT2D eigenvalue weighted by molar-refractivity contribution is -0.150. The average Bonchev–Trinajstić information content (AvgIpc) is 2.89. The molecular formula is C18H20O7. The number of esters is 2. The van der Waals surface area contributed by atoms with Crippen molar-refractivity contribution in [2.45, 2.75) is 13.3 Å². The summed E-state index contributed by atoms with van der Waals surface area (Å²) in [5.74, 6) is -0.575. The van der Waals surface area contributed by atoms with Gasteiger partial charge in [0.25, 0.3) is 0 Å². The highest BCUT2D eigenvalue weighted by Gasteiger charge is 2.32. The van der Waals surface area contributed by atoms with Gasteiger partial charge in [0.15, 0.2) is 25.1 Å². The van der Waals surface area contributed by atoms with Crippen LogP contribution in [0.2, 0.25) is 0 Å². The third-order valence-electron chi connectivity index (χ3n) is 3.30. The molecule has 7 nitrogen and oxygen atoms in total. The number of methoxy groups -OCH3 is 2. The lowest BCUT2D eigenvalue weighted by atomic mass is 10.0. The van der Waals surface area contributed by atoms with Gasteiger partial charge in [0.2, 0.25) is 0 Å². The summed E-state index contributed by atoms with van der Waals surface area (Å²) in [6.07, 6.45) is 4.10. The van der Waals surface area contributed by atoms with Crippen LogP contribution in [0, 0.1) is 0 Å². The van der Waals surface area contributed by atoms with Gasteiger partial charge in [-0.05, 0) is 24.1 Å². The molecule has 0 unspecified atom stereocenters. The molecular weight excluding hydrogens is 328 g/mol. The Kier molecular flexibility index (Phi) is 6.73. The van der Waals surface area contributed by atoms with Crippen LogP contribution in [0.25, 0.3) is 5.57 Å². The second-order valence-corrected chi connectivity index (χ2v) is 5.04. The summed E-state index contributed by atoms with van der Waals surface area (Å²) in [5, 5.41) is 0. The Bertz CT molecular complexity index is 703. The molecule has 0 spiro atoms. The van der Waals surface area contributed by atoms with Crippen LogP contribution in [0.3, 0.4) is 0 Å². The van der Waals surface area contributed by atoms with Crippen LogP contribution < -0.4 is 9.47 Å². The van der Waals surface area contributed by atoms with Gasteiger partial charge < -0.3 is 23.7 Å². The van der Waals surface area contributed by atoms with Crippen LogP contribution >= 0.6 is 0 Å². The summed E-state index contributed by atoms with van der Waals surface area (Å²) in [7, 11) is 2.99. The van der Waals surface area contributed by atoms with E-state index in [0.29, 0.717) is 17.1 Å². The van der Waals surface area contributed by atoms with E-state index in [2.05, 4.69) is 0 Å². The van der Waals surface area contributed by atoms with Crippen molar-refractivity contribution in [3.05, 3.63) is 41.5 Å². The maximum atomic E-state index is 12.1. The third-order valence-corrected chi connectivity index (χ3v) is 3.30. The minimum Gasteiger partial charge on any atom is -0.464 e. The minimum absolute atomic E-state index is 0.00217. The molecule has 0 atom stereocenters. The maximum absolute atomic E-state index is 12.1. The Morgan fingerprint density at radius 1 is 1.00 bits per heavy atom. The molecule has 0 N–H and O–H groups in total. The number of rotatable bonds is 9. The van der Waals surface area contributed by atoms with Crippen LogP contribution in [0.1, 0.15) is 18.9 Å². The summed E-state index contributed by atoms with van der Waals surface area (Å²) in [6.45, 7) is 1.96. The average molecular weight is 348 g/mol. The first-order chi connectivity index (χ1) is 12.1. The number of benzene rings is 1. The van der Waals surface area contributed by atoms with Crippen molar-refractivity contribution in [2.24, 2.45) is 0 Å². The Morgan fingerprint density at radius 3 is 2.32 bits per heavy atom. The molecule has 1 heterocycles. The second kappa shape index (κ2) is 9.00. The molecule has 0 bridgehead atoms. The molecule has 0 amide bonds. The Morgan fingerprint density at radius 2 is 1.68 bits per heavy atom. The van der Waals surface area contributed by atoms with Crippen LogP contribution in [0.4, 0.5) is 0 Å². The molecule has 1 aromatic carbocycles. The molecule has 0 radical (unpaired) electrons. The topological polar surface area (TPSA) is 80.3 Å².